The van der Waals surface area contributed by atoms with Crippen molar-refractivity contribution in [2.75, 3.05) is 4.72 Å². The van der Waals surface area contributed by atoms with Gasteiger partial charge in [0.25, 0.3) is 10.0 Å². The van der Waals surface area contributed by atoms with Gasteiger partial charge in [-0.1, -0.05) is 0 Å². The van der Waals surface area contributed by atoms with E-state index >= 15 is 0 Å². The molecule has 7 nitrogen and oxygen atoms in total. The number of sulfonamides is 1. The van der Waals surface area contributed by atoms with Crippen LogP contribution < -0.4 is 4.72 Å². The van der Waals surface area contributed by atoms with Crippen molar-refractivity contribution in [1.29, 1.82) is 5.26 Å². The van der Waals surface area contributed by atoms with E-state index in [0.717, 1.165) is 17.0 Å². The number of hydrogen-bond acceptors (Lipinski definition) is 6. The van der Waals surface area contributed by atoms with E-state index in [9.17, 15) is 8.42 Å². The summed E-state index contributed by atoms with van der Waals surface area (Å²) < 4.78 is 28.4. The molecular formula is C12H9N5O2S2. The maximum Gasteiger partial charge on any atom is 0.272 e. The predicted molar refractivity (Wildman–Crippen MR) is 77.6 cm³/mol. The summed E-state index contributed by atoms with van der Waals surface area (Å²) in [6.07, 6.45) is 2.94. The molecule has 0 atom stereocenters. The highest BCUT2D eigenvalue weighted by Crippen LogP contribution is 2.24. The second kappa shape index (κ2) is 4.83. The second-order valence-corrected chi connectivity index (χ2v) is 7.06. The highest BCUT2D eigenvalue weighted by molar-refractivity contribution is 7.94. The first-order valence-corrected chi connectivity index (χ1v) is 8.18. The molecule has 9 heteroatoms. The van der Waals surface area contributed by atoms with Gasteiger partial charge < -0.3 is 0 Å². The molecule has 3 rings (SSSR count). The first kappa shape index (κ1) is 13.5. The largest absolute Gasteiger partial charge is 0.276 e. The third-order valence-electron chi connectivity index (χ3n) is 2.68. The van der Waals surface area contributed by atoms with E-state index < -0.39 is 10.0 Å². The van der Waals surface area contributed by atoms with Crippen LogP contribution in [-0.2, 0) is 10.0 Å². The Morgan fingerprint density at radius 1 is 1.48 bits per heavy atom. The molecule has 1 N–H and O–H groups in total. The van der Waals surface area contributed by atoms with Gasteiger partial charge in [-0.15, -0.1) is 11.3 Å². The Kier molecular flexibility index (Phi) is 3.12. The van der Waals surface area contributed by atoms with Crippen molar-refractivity contribution in [3.63, 3.8) is 0 Å². The van der Waals surface area contributed by atoms with Crippen molar-refractivity contribution in [1.82, 2.24) is 14.6 Å². The number of nitrogens with one attached hydrogen (secondary N) is 1. The van der Waals surface area contributed by atoms with Crippen LogP contribution in [0.3, 0.4) is 0 Å². The molecule has 21 heavy (non-hydrogen) atoms. The molecule has 0 fully saturated rings. The molecule has 0 saturated carbocycles. The molecule has 106 valence electrons. The van der Waals surface area contributed by atoms with Crippen LogP contribution in [0.15, 0.2) is 34.1 Å². The minimum atomic E-state index is -3.81. The van der Waals surface area contributed by atoms with E-state index in [-0.39, 0.29) is 15.5 Å². The van der Waals surface area contributed by atoms with Crippen LogP contribution in [0.5, 0.6) is 0 Å². The lowest BCUT2D eigenvalue weighted by atomic mass is 10.4. The van der Waals surface area contributed by atoms with Gasteiger partial charge in [-0.05, 0) is 18.4 Å². The van der Waals surface area contributed by atoms with Crippen molar-refractivity contribution in [2.45, 2.75) is 11.1 Å². The molecule has 0 aliphatic carbocycles. The van der Waals surface area contributed by atoms with Gasteiger partial charge in [0.15, 0.2) is 9.86 Å². The fourth-order valence-electron chi connectivity index (χ4n) is 1.84. The lowest BCUT2D eigenvalue weighted by Crippen LogP contribution is -2.13. The summed E-state index contributed by atoms with van der Waals surface area (Å²) in [6.45, 7) is 1.82. The average Bonchev–Trinajstić information content (AvgIpc) is 3.02. The molecule has 3 aromatic rings. The molecule has 0 bridgehead atoms. The van der Waals surface area contributed by atoms with Crippen molar-refractivity contribution in [3.05, 3.63) is 41.2 Å². The quantitative estimate of drug-likeness (QED) is 0.793. The number of fused-ring (bicyclic) bond motifs is 1. The Morgan fingerprint density at radius 2 is 2.29 bits per heavy atom. The number of thiophene rings is 1. The molecule has 3 heterocycles. The highest BCUT2D eigenvalue weighted by atomic mass is 32.2. The van der Waals surface area contributed by atoms with E-state index in [2.05, 4.69) is 14.8 Å². The van der Waals surface area contributed by atoms with E-state index in [1.807, 2.05) is 13.0 Å². The third kappa shape index (κ3) is 2.46. The summed E-state index contributed by atoms with van der Waals surface area (Å²) in [5.74, 6) is 0. The third-order valence-corrected chi connectivity index (χ3v) is 5.55. The standard InChI is InChI=1S/C12H9N5O2S2/c1-8-4-11-14-6-10(7-17(11)15-8)16-21(18,19)12-9(5-13)2-3-20-12/h2-4,6-7,16H,1H3. The zero-order chi connectivity index (χ0) is 15.0. The summed E-state index contributed by atoms with van der Waals surface area (Å²) >= 11 is 0.992. The number of aromatic nitrogens is 3. The highest BCUT2D eigenvalue weighted by Gasteiger charge is 2.20. The van der Waals surface area contributed by atoms with E-state index in [4.69, 9.17) is 5.26 Å². The first-order valence-electron chi connectivity index (χ1n) is 5.82. The maximum absolute atomic E-state index is 12.3. The number of rotatable bonds is 3. The van der Waals surface area contributed by atoms with Gasteiger partial charge >= 0.3 is 0 Å². The van der Waals surface area contributed by atoms with E-state index in [1.165, 1.54) is 23.0 Å². The first-order chi connectivity index (χ1) is 9.99. The Morgan fingerprint density at radius 3 is 3.05 bits per heavy atom. The minimum absolute atomic E-state index is 0.0123. The lowest BCUT2D eigenvalue weighted by molar-refractivity contribution is 0.603. The monoisotopic (exact) mass is 319 g/mol. The molecule has 0 saturated heterocycles. The van der Waals surface area contributed by atoms with E-state index in [1.54, 1.807) is 11.4 Å². The molecular weight excluding hydrogens is 310 g/mol. The molecule has 0 amide bonds. The zero-order valence-electron chi connectivity index (χ0n) is 10.8. The number of nitriles is 1. The number of nitrogens with zero attached hydrogens (tertiary/aromatic N) is 4. The fourth-order valence-corrected chi connectivity index (χ4v) is 4.11. The Hall–Kier alpha value is -2.44. The molecule has 0 aromatic carbocycles. The Bertz CT molecular complexity index is 965. The van der Waals surface area contributed by atoms with Gasteiger partial charge in [0, 0.05) is 6.07 Å². The minimum Gasteiger partial charge on any atom is -0.276 e. The van der Waals surface area contributed by atoms with Crippen molar-refractivity contribution in [3.8, 4) is 6.07 Å². The van der Waals surface area contributed by atoms with Crippen LogP contribution in [0.2, 0.25) is 0 Å². The van der Waals surface area contributed by atoms with E-state index in [0.29, 0.717) is 5.65 Å². The van der Waals surface area contributed by atoms with Crippen LogP contribution in [0.4, 0.5) is 5.69 Å². The van der Waals surface area contributed by atoms with Gasteiger partial charge in [-0.2, -0.15) is 10.4 Å². The predicted octanol–water partition coefficient (Wildman–Crippen LogP) is 1.77. The van der Waals surface area contributed by atoms with Crippen LogP contribution in [0.25, 0.3) is 5.65 Å². The maximum atomic E-state index is 12.3. The SMILES string of the molecule is Cc1cc2ncc(NS(=O)(=O)c3sccc3C#N)cn2n1. The average molecular weight is 319 g/mol. The molecule has 0 unspecified atom stereocenters. The van der Waals surface area contributed by atoms with Gasteiger partial charge in [0.1, 0.15) is 6.07 Å². The molecule has 0 aliphatic rings. The Balaban J connectivity index is 1.99. The van der Waals surface area contributed by atoms with Crippen molar-refractivity contribution >= 4 is 32.7 Å². The topological polar surface area (TPSA) is 100 Å². The summed E-state index contributed by atoms with van der Waals surface area (Å²) in [4.78, 5) is 4.12. The van der Waals surface area contributed by atoms with Crippen LogP contribution >= 0.6 is 11.3 Å². The van der Waals surface area contributed by atoms with Crippen LogP contribution in [0, 0.1) is 18.3 Å². The van der Waals surface area contributed by atoms with Gasteiger partial charge in [-0.3, -0.25) is 4.72 Å². The normalized spacial score (nSPS) is 11.4. The Labute approximate surface area is 124 Å². The summed E-state index contributed by atoms with van der Waals surface area (Å²) in [6, 6.07) is 5.11. The summed E-state index contributed by atoms with van der Waals surface area (Å²) in [5, 5.41) is 14.6. The van der Waals surface area contributed by atoms with Crippen molar-refractivity contribution < 1.29 is 8.42 Å². The van der Waals surface area contributed by atoms with Crippen molar-refractivity contribution in [2.24, 2.45) is 0 Å². The summed E-state index contributed by atoms with van der Waals surface area (Å²) in [7, 11) is -3.81. The smallest absolute Gasteiger partial charge is 0.272 e. The molecule has 0 spiro atoms. The molecule has 0 aliphatic heterocycles. The van der Waals surface area contributed by atoms with Crippen LogP contribution in [0.1, 0.15) is 11.3 Å². The molecule has 0 radical (unpaired) electrons. The molecule has 3 aromatic heterocycles. The lowest BCUT2D eigenvalue weighted by Gasteiger charge is -2.06. The van der Waals surface area contributed by atoms with Crippen LogP contribution in [-0.4, -0.2) is 23.0 Å². The van der Waals surface area contributed by atoms with Gasteiger partial charge in [0.2, 0.25) is 0 Å². The summed E-state index contributed by atoms with van der Waals surface area (Å²) in [5.41, 5.74) is 1.82. The zero-order valence-corrected chi connectivity index (χ0v) is 12.4. The fraction of sp³-hybridized carbons (Fsp3) is 0.0833. The number of hydrogen-bond donors (Lipinski definition) is 1. The number of aryl methyl sites for hydroxylation is 1. The van der Waals surface area contributed by atoms with Gasteiger partial charge in [-0.25, -0.2) is 17.9 Å². The number of anilines is 1. The second-order valence-electron chi connectivity index (χ2n) is 4.27. The van der Waals surface area contributed by atoms with Gasteiger partial charge in [0.05, 0.1) is 29.3 Å².